The zero-order valence-electron chi connectivity index (χ0n) is 18.1. The lowest BCUT2D eigenvalue weighted by molar-refractivity contribution is 0.0998. The molecule has 3 aromatic rings. The molecule has 0 unspecified atom stereocenters. The van der Waals surface area contributed by atoms with Gasteiger partial charge in [0.05, 0.1) is 12.3 Å². The van der Waals surface area contributed by atoms with Crippen LogP contribution in [-0.4, -0.2) is 17.1 Å². The van der Waals surface area contributed by atoms with Gasteiger partial charge in [0, 0.05) is 17.0 Å². The number of thiazole rings is 1. The van der Waals surface area contributed by atoms with Crippen LogP contribution in [0.3, 0.4) is 0 Å². The van der Waals surface area contributed by atoms with E-state index in [9.17, 15) is 4.79 Å². The Balaban J connectivity index is 1.93. The molecule has 4 nitrogen and oxygen atoms in total. The Labute approximate surface area is 182 Å². The summed E-state index contributed by atoms with van der Waals surface area (Å²) in [6.45, 7) is 7.87. The summed E-state index contributed by atoms with van der Waals surface area (Å²) in [5.41, 5.74) is 2.92. The minimum atomic E-state index is -0.221. The SMILES string of the molecule is CCCCOc1ccc(C(=O)N=c2sc(CCC)c(-c3ccccc3)n2CC)cc1. The first kappa shape index (κ1) is 22.0. The van der Waals surface area contributed by atoms with Gasteiger partial charge in [-0.15, -0.1) is 11.3 Å². The van der Waals surface area contributed by atoms with Crippen molar-refractivity contribution in [1.82, 2.24) is 4.57 Å². The van der Waals surface area contributed by atoms with E-state index in [2.05, 4.69) is 54.6 Å². The molecule has 0 aliphatic heterocycles. The molecule has 5 heteroatoms. The van der Waals surface area contributed by atoms with Crippen LogP contribution in [0.25, 0.3) is 11.3 Å². The second-order valence-corrected chi connectivity index (χ2v) is 8.22. The van der Waals surface area contributed by atoms with E-state index in [4.69, 9.17) is 4.74 Å². The van der Waals surface area contributed by atoms with E-state index in [0.29, 0.717) is 12.2 Å². The molecule has 0 fully saturated rings. The number of hydrogen-bond donors (Lipinski definition) is 0. The minimum absolute atomic E-state index is 0.221. The summed E-state index contributed by atoms with van der Waals surface area (Å²) in [4.78, 5) is 19.4. The second-order valence-electron chi connectivity index (χ2n) is 7.16. The lowest BCUT2D eigenvalue weighted by Crippen LogP contribution is -2.17. The van der Waals surface area contributed by atoms with Crippen LogP contribution in [0.4, 0.5) is 0 Å². The van der Waals surface area contributed by atoms with Crippen molar-refractivity contribution < 1.29 is 9.53 Å². The number of aromatic nitrogens is 1. The van der Waals surface area contributed by atoms with Crippen LogP contribution in [0.15, 0.2) is 59.6 Å². The highest BCUT2D eigenvalue weighted by Crippen LogP contribution is 2.27. The Hall–Kier alpha value is -2.66. The van der Waals surface area contributed by atoms with Crippen molar-refractivity contribution in [1.29, 1.82) is 0 Å². The molecular weight excluding hydrogens is 392 g/mol. The van der Waals surface area contributed by atoms with Crippen molar-refractivity contribution in [3.63, 3.8) is 0 Å². The first-order valence-corrected chi connectivity index (χ1v) is 11.6. The summed E-state index contributed by atoms with van der Waals surface area (Å²) in [6, 6.07) is 17.6. The molecule has 158 valence electrons. The molecule has 1 heterocycles. The molecular formula is C25H30N2O2S. The number of hydrogen-bond acceptors (Lipinski definition) is 3. The Bertz CT molecular complexity index is 1020. The summed E-state index contributed by atoms with van der Waals surface area (Å²) in [5.74, 6) is 0.567. The van der Waals surface area contributed by atoms with E-state index in [1.807, 2.05) is 18.2 Å². The van der Waals surface area contributed by atoms with Gasteiger partial charge in [0.15, 0.2) is 4.80 Å². The van der Waals surface area contributed by atoms with Crippen LogP contribution in [0.1, 0.15) is 55.3 Å². The first-order chi connectivity index (χ1) is 14.7. The van der Waals surface area contributed by atoms with Crippen molar-refractivity contribution in [2.24, 2.45) is 4.99 Å². The van der Waals surface area contributed by atoms with Gasteiger partial charge in [-0.25, -0.2) is 0 Å². The zero-order chi connectivity index (χ0) is 21.3. The first-order valence-electron chi connectivity index (χ1n) is 10.8. The monoisotopic (exact) mass is 422 g/mol. The third kappa shape index (κ3) is 5.28. The third-order valence-corrected chi connectivity index (χ3v) is 6.02. The largest absolute Gasteiger partial charge is 0.494 e. The number of unbranched alkanes of at least 4 members (excludes halogenated alkanes) is 1. The Morgan fingerprint density at radius 3 is 2.37 bits per heavy atom. The van der Waals surface area contributed by atoms with Gasteiger partial charge in [0.1, 0.15) is 5.75 Å². The summed E-state index contributed by atoms with van der Waals surface area (Å²) in [5, 5.41) is 0. The van der Waals surface area contributed by atoms with Gasteiger partial charge in [0.2, 0.25) is 0 Å². The molecule has 1 aromatic heterocycles. The third-order valence-electron chi connectivity index (χ3n) is 4.89. The number of ether oxygens (including phenoxy) is 1. The normalized spacial score (nSPS) is 11.6. The predicted molar refractivity (Wildman–Crippen MR) is 124 cm³/mol. The van der Waals surface area contributed by atoms with Crippen LogP contribution in [0.2, 0.25) is 0 Å². The van der Waals surface area contributed by atoms with E-state index in [1.165, 1.54) is 16.1 Å². The number of benzene rings is 2. The summed E-state index contributed by atoms with van der Waals surface area (Å²) in [7, 11) is 0. The molecule has 0 spiro atoms. The minimum Gasteiger partial charge on any atom is -0.494 e. The average Bonchev–Trinajstić information content (AvgIpc) is 3.12. The van der Waals surface area contributed by atoms with Crippen molar-refractivity contribution in [3.05, 3.63) is 69.8 Å². The van der Waals surface area contributed by atoms with E-state index in [1.54, 1.807) is 23.5 Å². The fourth-order valence-corrected chi connectivity index (χ4v) is 4.64. The van der Waals surface area contributed by atoms with Crippen molar-refractivity contribution in [2.45, 2.75) is 53.0 Å². The van der Waals surface area contributed by atoms with Crippen LogP contribution in [-0.2, 0) is 13.0 Å². The van der Waals surface area contributed by atoms with Crippen molar-refractivity contribution in [2.75, 3.05) is 6.61 Å². The average molecular weight is 423 g/mol. The topological polar surface area (TPSA) is 43.6 Å². The molecule has 2 aromatic carbocycles. The lowest BCUT2D eigenvalue weighted by Gasteiger charge is -2.08. The van der Waals surface area contributed by atoms with Gasteiger partial charge < -0.3 is 9.30 Å². The van der Waals surface area contributed by atoms with Crippen LogP contribution < -0.4 is 9.54 Å². The smallest absolute Gasteiger partial charge is 0.279 e. The van der Waals surface area contributed by atoms with Gasteiger partial charge in [-0.2, -0.15) is 4.99 Å². The number of rotatable bonds is 9. The molecule has 30 heavy (non-hydrogen) atoms. The summed E-state index contributed by atoms with van der Waals surface area (Å²) < 4.78 is 7.84. The van der Waals surface area contributed by atoms with E-state index in [0.717, 1.165) is 42.8 Å². The molecule has 1 amide bonds. The number of nitrogens with zero attached hydrogens (tertiary/aromatic N) is 2. The van der Waals surface area contributed by atoms with E-state index in [-0.39, 0.29) is 5.91 Å². The molecule has 0 saturated carbocycles. The maximum absolute atomic E-state index is 12.9. The highest BCUT2D eigenvalue weighted by molar-refractivity contribution is 7.09. The van der Waals surface area contributed by atoms with Crippen molar-refractivity contribution >= 4 is 17.2 Å². The molecule has 0 aliphatic carbocycles. The van der Waals surface area contributed by atoms with Crippen LogP contribution >= 0.6 is 11.3 Å². The zero-order valence-corrected chi connectivity index (χ0v) is 18.9. The van der Waals surface area contributed by atoms with E-state index < -0.39 is 0 Å². The van der Waals surface area contributed by atoms with Crippen LogP contribution in [0, 0.1) is 0 Å². The predicted octanol–water partition coefficient (Wildman–Crippen LogP) is 6.11. The van der Waals surface area contributed by atoms with Gasteiger partial charge in [-0.05, 0) is 49.6 Å². The fraction of sp³-hybridized carbons (Fsp3) is 0.360. The molecule has 0 saturated heterocycles. The summed E-state index contributed by atoms with van der Waals surface area (Å²) >= 11 is 1.62. The number of carbonyl (C=O) groups is 1. The lowest BCUT2D eigenvalue weighted by atomic mass is 10.1. The van der Waals surface area contributed by atoms with Crippen LogP contribution in [0.5, 0.6) is 5.75 Å². The van der Waals surface area contributed by atoms with Gasteiger partial charge >= 0.3 is 0 Å². The Kier molecular flexibility index (Phi) is 8.03. The summed E-state index contributed by atoms with van der Waals surface area (Å²) in [6.07, 6.45) is 4.15. The second kappa shape index (κ2) is 10.9. The van der Waals surface area contributed by atoms with Gasteiger partial charge in [-0.3, -0.25) is 4.79 Å². The Morgan fingerprint density at radius 2 is 1.73 bits per heavy atom. The maximum Gasteiger partial charge on any atom is 0.279 e. The van der Waals surface area contributed by atoms with Gasteiger partial charge in [-0.1, -0.05) is 57.0 Å². The quantitative estimate of drug-likeness (QED) is 0.391. The fourth-order valence-electron chi connectivity index (χ4n) is 3.33. The molecule has 0 bridgehead atoms. The molecule has 0 atom stereocenters. The van der Waals surface area contributed by atoms with E-state index >= 15 is 0 Å². The molecule has 3 rings (SSSR count). The number of aryl methyl sites for hydroxylation is 1. The van der Waals surface area contributed by atoms with Gasteiger partial charge in [0.25, 0.3) is 5.91 Å². The molecule has 0 radical (unpaired) electrons. The molecule has 0 aliphatic rings. The highest BCUT2D eigenvalue weighted by Gasteiger charge is 2.15. The standard InChI is InChI=1S/C25H30N2O2S/c1-4-7-18-29-21-16-14-20(15-17-21)24(28)26-25-27(6-3)23(22(30-25)11-5-2)19-12-9-8-10-13-19/h8-10,12-17H,4-7,11,18H2,1-3H3. The van der Waals surface area contributed by atoms with Crippen molar-refractivity contribution in [3.8, 4) is 17.0 Å². The maximum atomic E-state index is 12.9. The molecule has 0 N–H and O–H groups in total. The Morgan fingerprint density at radius 1 is 1.00 bits per heavy atom. The highest BCUT2D eigenvalue weighted by atomic mass is 32.1. The number of carbonyl (C=O) groups excluding carboxylic acids is 1. The number of amides is 1.